The molecule has 0 spiro atoms. The van der Waals surface area contributed by atoms with Crippen molar-refractivity contribution in [1.82, 2.24) is 4.31 Å². The van der Waals surface area contributed by atoms with Gasteiger partial charge in [0, 0.05) is 13.1 Å². The minimum atomic E-state index is -3.31. The third kappa shape index (κ3) is 3.59. The van der Waals surface area contributed by atoms with E-state index in [1.54, 1.807) is 19.1 Å². The first kappa shape index (κ1) is 13.2. The van der Waals surface area contributed by atoms with Crippen LogP contribution >= 0.6 is 0 Å². The summed E-state index contributed by atoms with van der Waals surface area (Å²) in [5, 5.41) is 8.79. The number of hydrogen-bond donors (Lipinski definition) is 1. The van der Waals surface area contributed by atoms with Gasteiger partial charge in [-0.05, 0) is 5.56 Å². The molecule has 0 unspecified atom stereocenters. The van der Waals surface area contributed by atoms with Crippen molar-refractivity contribution >= 4 is 10.0 Å². The number of likely N-dealkylation sites (N-methyl/N-ethyl adjacent to an activating group) is 1. The first-order valence-electron chi connectivity index (χ1n) is 5.22. The van der Waals surface area contributed by atoms with Gasteiger partial charge in [-0.2, -0.15) is 4.31 Å². The molecule has 0 amide bonds. The molecule has 0 aromatic heterocycles. The van der Waals surface area contributed by atoms with E-state index < -0.39 is 10.0 Å². The van der Waals surface area contributed by atoms with Gasteiger partial charge < -0.3 is 5.11 Å². The van der Waals surface area contributed by atoms with Gasteiger partial charge in [0.05, 0.1) is 12.4 Å². The van der Waals surface area contributed by atoms with Gasteiger partial charge in [-0.1, -0.05) is 37.3 Å². The topological polar surface area (TPSA) is 57.6 Å². The Hall–Kier alpha value is -0.910. The average molecular weight is 243 g/mol. The third-order valence-electron chi connectivity index (χ3n) is 2.29. The zero-order valence-electron chi connectivity index (χ0n) is 9.33. The summed E-state index contributed by atoms with van der Waals surface area (Å²) < 4.78 is 25.2. The van der Waals surface area contributed by atoms with Gasteiger partial charge in [-0.25, -0.2) is 8.42 Å². The zero-order valence-corrected chi connectivity index (χ0v) is 10.2. The molecule has 0 aliphatic heterocycles. The van der Waals surface area contributed by atoms with Crippen molar-refractivity contribution in [3.63, 3.8) is 0 Å². The van der Waals surface area contributed by atoms with E-state index in [1.165, 1.54) is 4.31 Å². The molecule has 0 atom stereocenters. The van der Waals surface area contributed by atoms with E-state index in [-0.39, 0.29) is 18.9 Å². The maximum absolute atomic E-state index is 11.9. The van der Waals surface area contributed by atoms with E-state index in [4.69, 9.17) is 5.11 Å². The molecule has 0 aliphatic rings. The molecule has 0 bridgehead atoms. The van der Waals surface area contributed by atoms with Gasteiger partial charge in [0.2, 0.25) is 10.0 Å². The van der Waals surface area contributed by atoms with E-state index in [0.717, 1.165) is 5.56 Å². The van der Waals surface area contributed by atoms with Gasteiger partial charge in [-0.15, -0.1) is 0 Å². The van der Waals surface area contributed by atoms with Crippen LogP contribution in [0.5, 0.6) is 0 Å². The fourth-order valence-electron chi connectivity index (χ4n) is 1.48. The summed E-state index contributed by atoms with van der Waals surface area (Å²) in [6.45, 7) is 2.15. The van der Waals surface area contributed by atoms with Crippen LogP contribution in [0, 0.1) is 0 Å². The molecule has 0 saturated heterocycles. The first-order valence-corrected chi connectivity index (χ1v) is 6.83. The maximum Gasteiger partial charge on any atom is 0.218 e. The summed E-state index contributed by atoms with van der Waals surface area (Å²) in [5.74, 6) is -0.0122. The highest BCUT2D eigenvalue weighted by atomic mass is 32.2. The zero-order chi connectivity index (χ0) is 12.0. The minimum Gasteiger partial charge on any atom is -0.395 e. The van der Waals surface area contributed by atoms with E-state index in [2.05, 4.69) is 0 Å². The lowest BCUT2D eigenvalue weighted by atomic mass is 10.2. The van der Waals surface area contributed by atoms with Crippen LogP contribution in [0.3, 0.4) is 0 Å². The van der Waals surface area contributed by atoms with E-state index in [9.17, 15) is 8.42 Å². The van der Waals surface area contributed by atoms with Crippen LogP contribution in [0.4, 0.5) is 0 Å². The van der Waals surface area contributed by atoms with Gasteiger partial charge in [0.25, 0.3) is 0 Å². The summed E-state index contributed by atoms with van der Waals surface area (Å²) in [6.07, 6.45) is 0. The summed E-state index contributed by atoms with van der Waals surface area (Å²) in [7, 11) is -3.31. The van der Waals surface area contributed by atoms with Gasteiger partial charge in [-0.3, -0.25) is 0 Å². The molecule has 1 aromatic carbocycles. The molecular formula is C11H17NO3S. The lowest BCUT2D eigenvalue weighted by Gasteiger charge is -2.19. The first-order chi connectivity index (χ1) is 7.60. The summed E-state index contributed by atoms with van der Waals surface area (Å²) >= 11 is 0. The van der Waals surface area contributed by atoms with Crippen molar-refractivity contribution in [3.8, 4) is 0 Å². The highest BCUT2D eigenvalue weighted by Crippen LogP contribution is 2.09. The number of aliphatic hydroxyl groups is 1. The Balaban J connectivity index is 2.78. The molecule has 0 aliphatic carbocycles. The number of hydrogen-bond acceptors (Lipinski definition) is 3. The van der Waals surface area contributed by atoms with Crippen molar-refractivity contribution < 1.29 is 13.5 Å². The van der Waals surface area contributed by atoms with E-state index in [1.807, 2.05) is 18.2 Å². The predicted octanol–water partition coefficient (Wildman–Crippen LogP) is 0.831. The van der Waals surface area contributed by atoms with Gasteiger partial charge in [0.1, 0.15) is 0 Å². The second-order valence-electron chi connectivity index (χ2n) is 3.46. The Bertz CT molecular complexity index is 402. The monoisotopic (exact) mass is 243 g/mol. The summed E-state index contributed by atoms with van der Waals surface area (Å²) in [4.78, 5) is 0. The van der Waals surface area contributed by atoms with Crippen molar-refractivity contribution in [2.75, 3.05) is 19.7 Å². The lowest BCUT2D eigenvalue weighted by molar-refractivity contribution is 0.257. The SMILES string of the molecule is CCN(CCO)S(=O)(=O)Cc1ccccc1. The molecule has 16 heavy (non-hydrogen) atoms. The van der Waals surface area contributed by atoms with Crippen LogP contribution in [-0.4, -0.2) is 37.5 Å². The molecule has 4 nitrogen and oxygen atoms in total. The molecule has 5 heteroatoms. The van der Waals surface area contributed by atoms with Crippen molar-refractivity contribution in [1.29, 1.82) is 0 Å². The molecule has 1 N–H and O–H groups in total. The number of benzene rings is 1. The summed E-state index contributed by atoms with van der Waals surface area (Å²) in [5.41, 5.74) is 0.763. The van der Waals surface area contributed by atoms with Gasteiger partial charge >= 0.3 is 0 Å². The second kappa shape index (κ2) is 5.98. The Kier molecular flexibility index (Phi) is 4.92. The molecule has 1 rings (SSSR count). The fourth-order valence-corrected chi connectivity index (χ4v) is 3.03. The summed E-state index contributed by atoms with van der Waals surface area (Å²) in [6, 6.07) is 9.04. The third-order valence-corrected chi connectivity index (χ3v) is 4.21. The van der Waals surface area contributed by atoms with E-state index >= 15 is 0 Å². The van der Waals surface area contributed by atoms with Crippen LogP contribution in [0.25, 0.3) is 0 Å². The molecule has 0 heterocycles. The van der Waals surface area contributed by atoms with Crippen LogP contribution in [0.15, 0.2) is 30.3 Å². The predicted molar refractivity (Wildman–Crippen MR) is 63.4 cm³/mol. The standard InChI is InChI=1S/C11H17NO3S/c1-2-12(8-9-13)16(14,15)10-11-6-4-3-5-7-11/h3-7,13H,2,8-10H2,1H3. The molecule has 0 fully saturated rings. The van der Waals surface area contributed by atoms with Crippen LogP contribution in [0.1, 0.15) is 12.5 Å². The Morgan fingerprint density at radius 2 is 1.88 bits per heavy atom. The molecule has 0 saturated carbocycles. The van der Waals surface area contributed by atoms with Crippen molar-refractivity contribution in [3.05, 3.63) is 35.9 Å². The molecule has 90 valence electrons. The maximum atomic E-state index is 11.9. The van der Waals surface area contributed by atoms with Gasteiger partial charge in [0.15, 0.2) is 0 Å². The van der Waals surface area contributed by atoms with Crippen molar-refractivity contribution in [2.24, 2.45) is 0 Å². The Labute approximate surface area is 96.6 Å². The minimum absolute atomic E-state index is 0.0122. The Morgan fingerprint density at radius 1 is 1.25 bits per heavy atom. The van der Waals surface area contributed by atoms with Crippen LogP contribution in [-0.2, 0) is 15.8 Å². The fraction of sp³-hybridized carbons (Fsp3) is 0.455. The van der Waals surface area contributed by atoms with Crippen LogP contribution < -0.4 is 0 Å². The normalized spacial score (nSPS) is 11.9. The number of rotatable bonds is 6. The van der Waals surface area contributed by atoms with Crippen LogP contribution in [0.2, 0.25) is 0 Å². The highest BCUT2D eigenvalue weighted by molar-refractivity contribution is 7.88. The Morgan fingerprint density at radius 3 is 2.38 bits per heavy atom. The molecule has 1 aromatic rings. The van der Waals surface area contributed by atoms with E-state index in [0.29, 0.717) is 6.54 Å². The average Bonchev–Trinajstić information content (AvgIpc) is 2.26. The molecule has 0 radical (unpaired) electrons. The number of aliphatic hydroxyl groups excluding tert-OH is 1. The highest BCUT2D eigenvalue weighted by Gasteiger charge is 2.19. The quantitative estimate of drug-likeness (QED) is 0.805. The number of sulfonamides is 1. The lowest BCUT2D eigenvalue weighted by Crippen LogP contribution is -2.34. The van der Waals surface area contributed by atoms with Crippen molar-refractivity contribution in [2.45, 2.75) is 12.7 Å². The second-order valence-corrected chi connectivity index (χ2v) is 5.43. The smallest absolute Gasteiger partial charge is 0.218 e. The largest absolute Gasteiger partial charge is 0.395 e. The molecular weight excluding hydrogens is 226 g/mol. The number of nitrogens with zero attached hydrogens (tertiary/aromatic N) is 1.